The van der Waals surface area contributed by atoms with Gasteiger partial charge in [-0.15, -0.1) is 0 Å². The van der Waals surface area contributed by atoms with Gasteiger partial charge in [0.2, 0.25) is 6.71 Å². The number of hydrogen-bond donors (Lipinski definition) is 0. The first kappa shape index (κ1) is 45.6. The van der Waals surface area contributed by atoms with Gasteiger partial charge in [0.25, 0.3) is 0 Å². The summed E-state index contributed by atoms with van der Waals surface area (Å²) in [6, 6.07) is 93.5. The Morgan fingerprint density at radius 3 is 1.39 bits per heavy atom. The van der Waals surface area contributed by atoms with Gasteiger partial charge >= 0.3 is 0 Å². The van der Waals surface area contributed by atoms with E-state index in [4.69, 9.17) is 0 Å². The highest BCUT2D eigenvalue weighted by atomic mass is 32.2. The second-order valence-corrected chi connectivity index (χ2v) is 22.0. The molecule has 0 atom stereocenters. The van der Waals surface area contributed by atoms with E-state index >= 15 is 0 Å². The minimum absolute atomic E-state index is 0.0139. The van der Waals surface area contributed by atoms with Crippen molar-refractivity contribution in [3.05, 3.63) is 254 Å². The standard InChI is InChI=1S/C72H54BN3S/c1-2-3-4-8-23-48-42-68-71-70(43-48)77-69-47-54(75-65-36-21-17-32-57(65)58-33-18-22-37-66(58)75)39-41-62(69)73(71)61-40-38-53(74-63-34-19-15-30-55(63)56-31-16-20-35-64(56)74)46-67(61)76(68)72-59(50-26-11-6-12-27-50)44-52(49-24-9-5-10-25-49)45-60(72)51-28-13-7-14-29-51/h5-7,9-22,24-47H,2-4,8,23H2,1H3. The molecular formula is C72H54BN3S. The summed E-state index contributed by atoms with van der Waals surface area (Å²) in [6.45, 7) is 2.30. The van der Waals surface area contributed by atoms with E-state index < -0.39 is 0 Å². The lowest BCUT2D eigenvalue weighted by atomic mass is 9.34. The summed E-state index contributed by atoms with van der Waals surface area (Å²) in [5, 5.41) is 5.06. The molecule has 0 spiro atoms. The summed E-state index contributed by atoms with van der Waals surface area (Å²) in [5.41, 5.74) is 23.4. The van der Waals surface area contributed by atoms with Crippen molar-refractivity contribution in [2.75, 3.05) is 4.90 Å². The van der Waals surface area contributed by atoms with E-state index in [0.29, 0.717) is 0 Å². The van der Waals surface area contributed by atoms with Gasteiger partial charge in [-0.25, -0.2) is 0 Å². The number of unbranched alkanes of at least 4 members (excludes halogenated alkanes) is 3. The lowest BCUT2D eigenvalue weighted by Gasteiger charge is -2.42. The van der Waals surface area contributed by atoms with Crippen LogP contribution in [-0.4, -0.2) is 15.8 Å². The molecular weight excluding hydrogens is 950 g/mol. The monoisotopic (exact) mass is 1000 g/mol. The molecule has 0 saturated carbocycles. The highest BCUT2D eigenvalue weighted by Gasteiger charge is 2.43. The lowest BCUT2D eigenvalue weighted by Crippen LogP contribution is -2.60. The molecule has 13 aromatic rings. The highest BCUT2D eigenvalue weighted by molar-refractivity contribution is 8.00. The molecule has 0 radical (unpaired) electrons. The van der Waals surface area contributed by atoms with Crippen LogP contribution in [0.25, 0.3) is 88.4 Å². The van der Waals surface area contributed by atoms with Gasteiger partial charge in [0.15, 0.2) is 0 Å². The third-order valence-electron chi connectivity index (χ3n) is 16.4. The summed E-state index contributed by atoms with van der Waals surface area (Å²) >= 11 is 1.96. The van der Waals surface area contributed by atoms with Crippen LogP contribution in [0.3, 0.4) is 0 Å². The maximum absolute atomic E-state index is 2.70. The molecule has 11 aromatic carbocycles. The Balaban J connectivity index is 1.04. The van der Waals surface area contributed by atoms with Gasteiger partial charge in [-0.05, 0) is 124 Å². The zero-order chi connectivity index (χ0) is 51.0. The molecule has 0 saturated heterocycles. The van der Waals surface area contributed by atoms with Crippen molar-refractivity contribution in [1.29, 1.82) is 0 Å². The number of aromatic nitrogens is 2. The smallest absolute Gasteiger partial charge is 0.249 e. The molecule has 0 fully saturated rings. The number of hydrogen-bond acceptors (Lipinski definition) is 2. The number of aryl methyl sites for hydroxylation is 1. The number of fused-ring (bicyclic) bond motifs is 10. The first-order valence-electron chi connectivity index (χ1n) is 27.4. The van der Waals surface area contributed by atoms with E-state index in [1.54, 1.807) is 0 Å². The average Bonchev–Trinajstić information content (AvgIpc) is 4.12. The fraction of sp³-hybridized carbons (Fsp3) is 0.0833. The molecule has 0 aliphatic carbocycles. The lowest BCUT2D eigenvalue weighted by molar-refractivity contribution is 0.666. The van der Waals surface area contributed by atoms with Crippen molar-refractivity contribution in [3.8, 4) is 44.8 Å². The molecule has 0 amide bonds. The molecule has 15 rings (SSSR count). The number of para-hydroxylation sites is 4. The van der Waals surface area contributed by atoms with Gasteiger partial charge in [-0.2, -0.15) is 0 Å². The zero-order valence-corrected chi connectivity index (χ0v) is 43.9. The SMILES string of the molecule is CCCCCCc1cc2c3c(c1)N(c1c(-c4ccccc4)cc(-c4ccccc4)cc1-c1ccccc1)c1cc(-n4c5ccccc5c5ccccc54)ccc1B3c1ccc(-n3c4ccccc4c4ccccc43)cc1S2. The average molecular weight is 1000 g/mol. The Bertz CT molecular complexity index is 4260. The Morgan fingerprint density at radius 1 is 0.377 bits per heavy atom. The first-order valence-corrected chi connectivity index (χ1v) is 28.2. The predicted octanol–water partition coefficient (Wildman–Crippen LogP) is 17.8. The second kappa shape index (κ2) is 18.8. The zero-order valence-electron chi connectivity index (χ0n) is 43.0. The van der Waals surface area contributed by atoms with Crippen molar-refractivity contribution >= 4 is 95.5 Å². The molecule has 0 unspecified atom stereocenters. The van der Waals surface area contributed by atoms with Crippen LogP contribution in [0.4, 0.5) is 17.1 Å². The Morgan fingerprint density at radius 2 is 0.857 bits per heavy atom. The topological polar surface area (TPSA) is 13.1 Å². The summed E-state index contributed by atoms with van der Waals surface area (Å²) in [7, 11) is 0. The van der Waals surface area contributed by atoms with E-state index in [2.05, 4.69) is 270 Å². The first-order chi connectivity index (χ1) is 38.2. The van der Waals surface area contributed by atoms with Crippen LogP contribution in [0, 0.1) is 0 Å². The normalized spacial score (nSPS) is 12.6. The van der Waals surface area contributed by atoms with Crippen LogP contribution in [0.2, 0.25) is 0 Å². The minimum Gasteiger partial charge on any atom is -0.310 e. The molecule has 366 valence electrons. The van der Waals surface area contributed by atoms with E-state index in [1.165, 1.54) is 151 Å². The summed E-state index contributed by atoms with van der Waals surface area (Å²) in [5.74, 6) is 0. The van der Waals surface area contributed by atoms with Gasteiger partial charge in [-0.3, -0.25) is 0 Å². The van der Waals surface area contributed by atoms with E-state index in [-0.39, 0.29) is 6.71 Å². The van der Waals surface area contributed by atoms with E-state index in [1.807, 2.05) is 11.8 Å². The van der Waals surface area contributed by atoms with Crippen molar-refractivity contribution in [3.63, 3.8) is 0 Å². The predicted molar refractivity (Wildman–Crippen MR) is 329 cm³/mol. The molecule has 5 heteroatoms. The maximum Gasteiger partial charge on any atom is 0.249 e. The summed E-state index contributed by atoms with van der Waals surface area (Å²) < 4.78 is 4.96. The fourth-order valence-corrected chi connectivity index (χ4v) is 14.2. The quantitative estimate of drug-likeness (QED) is 0.0946. The van der Waals surface area contributed by atoms with Gasteiger partial charge in [0.1, 0.15) is 0 Å². The minimum atomic E-state index is -0.0139. The molecule has 2 aliphatic heterocycles. The fourth-order valence-electron chi connectivity index (χ4n) is 12.9. The Labute approximate surface area is 454 Å². The Hall–Kier alpha value is -8.77. The van der Waals surface area contributed by atoms with Gasteiger partial charge in [0, 0.05) is 65.2 Å². The molecule has 3 nitrogen and oxygen atoms in total. The third kappa shape index (κ3) is 7.51. The highest BCUT2D eigenvalue weighted by Crippen LogP contribution is 2.51. The molecule has 2 aliphatic rings. The van der Waals surface area contributed by atoms with Crippen molar-refractivity contribution in [2.45, 2.75) is 48.8 Å². The van der Waals surface area contributed by atoms with Crippen LogP contribution >= 0.6 is 11.8 Å². The van der Waals surface area contributed by atoms with E-state index in [9.17, 15) is 0 Å². The molecule has 4 heterocycles. The summed E-state index contributed by atoms with van der Waals surface area (Å²) in [4.78, 5) is 5.36. The number of benzene rings is 11. The molecule has 77 heavy (non-hydrogen) atoms. The number of nitrogens with zero attached hydrogens (tertiary/aromatic N) is 3. The van der Waals surface area contributed by atoms with Crippen LogP contribution in [0.1, 0.15) is 38.2 Å². The summed E-state index contributed by atoms with van der Waals surface area (Å²) in [6.07, 6.45) is 5.84. The maximum atomic E-state index is 2.70. The van der Waals surface area contributed by atoms with Crippen LogP contribution < -0.4 is 21.3 Å². The van der Waals surface area contributed by atoms with Gasteiger partial charge in [0.05, 0.1) is 27.8 Å². The molecule has 2 aromatic heterocycles. The second-order valence-electron chi connectivity index (χ2n) is 20.9. The van der Waals surface area contributed by atoms with Crippen LogP contribution in [0.15, 0.2) is 259 Å². The largest absolute Gasteiger partial charge is 0.310 e. The van der Waals surface area contributed by atoms with Gasteiger partial charge < -0.3 is 14.0 Å². The van der Waals surface area contributed by atoms with Gasteiger partial charge in [-0.1, -0.05) is 219 Å². The van der Waals surface area contributed by atoms with Crippen molar-refractivity contribution < 1.29 is 0 Å². The third-order valence-corrected chi connectivity index (χ3v) is 17.5. The van der Waals surface area contributed by atoms with Crippen molar-refractivity contribution in [2.24, 2.45) is 0 Å². The Kier molecular flexibility index (Phi) is 11.1. The molecule has 0 N–H and O–H groups in total. The van der Waals surface area contributed by atoms with E-state index in [0.717, 1.165) is 18.5 Å². The number of anilines is 3. The van der Waals surface area contributed by atoms with Crippen LogP contribution in [0.5, 0.6) is 0 Å². The van der Waals surface area contributed by atoms with Crippen molar-refractivity contribution in [1.82, 2.24) is 9.13 Å². The number of rotatable bonds is 11. The van der Waals surface area contributed by atoms with Crippen LogP contribution in [-0.2, 0) is 6.42 Å². The molecule has 0 bridgehead atoms.